The van der Waals surface area contributed by atoms with Gasteiger partial charge in [-0.25, -0.2) is 9.48 Å². The first-order chi connectivity index (χ1) is 12.5. The van der Waals surface area contributed by atoms with Gasteiger partial charge in [0, 0.05) is 22.3 Å². The van der Waals surface area contributed by atoms with Crippen LogP contribution in [0.1, 0.15) is 23.0 Å². The van der Waals surface area contributed by atoms with Crippen molar-refractivity contribution in [3.8, 4) is 16.9 Å². The molecule has 1 atom stereocenters. The number of aromatic nitrogens is 2. The van der Waals surface area contributed by atoms with Crippen molar-refractivity contribution in [2.45, 2.75) is 18.6 Å². The van der Waals surface area contributed by atoms with Gasteiger partial charge in [-0.05, 0) is 24.5 Å². The first-order valence-corrected chi connectivity index (χ1v) is 9.87. The molecule has 0 aliphatic carbocycles. The van der Waals surface area contributed by atoms with Crippen LogP contribution in [0.5, 0.6) is 0 Å². The zero-order chi connectivity index (χ0) is 18.7. The number of benzene rings is 2. The lowest BCUT2D eigenvalue weighted by molar-refractivity contribution is 0.0696. The summed E-state index contributed by atoms with van der Waals surface area (Å²) in [6.07, 6.45) is 2.59. The normalized spacial score (nSPS) is 12.1. The molecule has 0 saturated carbocycles. The molecule has 4 nitrogen and oxygen atoms in total. The van der Waals surface area contributed by atoms with Crippen LogP contribution in [0.2, 0.25) is 5.02 Å². The van der Waals surface area contributed by atoms with E-state index in [1.807, 2.05) is 48.7 Å². The van der Waals surface area contributed by atoms with Crippen molar-refractivity contribution in [1.82, 2.24) is 9.78 Å². The second-order valence-electron chi connectivity index (χ2n) is 5.98. The Morgan fingerprint density at radius 2 is 1.96 bits per heavy atom. The first kappa shape index (κ1) is 18.5. The number of carboxylic acid groups (broad SMARTS) is 1. The Bertz CT molecular complexity index is 925. The van der Waals surface area contributed by atoms with Gasteiger partial charge in [0.15, 0.2) is 0 Å². The van der Waals surface area contributed by atoms with Crippen molar-refractivity contribution in [1.29, 1.82) is 0 Å². The number of hydrogen-bond acceptors (Lipinski definition) is 3. The van der Waals surface area contributed by atoms with Crippen molar-refractivity contribution in [2.24, 2.45) is 0 Å². The molecular formula is C20H19ClN2O2S. The molecule has 0 amide bonds. The molecule has 2 aromatic carbocycles. The molecule has 1 unspecified atom stereocenters. The molecule has 134 valence electrons. The molecule has 0 bridgehead atoms. The Labute approximate surface area is 161 Å². The molecule has 3 aromatic rings. The van der Waals surface area contributed by atoms with Gasteiger partial charge in [0.25, 0.3) is 0 Å². The number of carbonyl (C=O) groups is 1. The van der Waals surface area contributed by atoms with Crippen molar-refractivity contribution < 1.29 is 9.90 Å². The molecule has 0 fully saturated rings. The Hall–Kier alpha value is -2.24. The standard InChI is InChI=1S/C20H19ClN2O2S/c1-13(26-2)11-17-18(20(24)25)19(14-7-4-3-5-8-14)23(22-17)16-10-6-9-15(21)12-16/h3-10,12-13H,11H2,1-2H3,(H,24,25). The molecule has 0 aliphatic heterocycles. The fourth-order valence-electron chi connectivity index (χ4n) is 2.84. The third-order valence-electron chi connectivity index (χ3n) is 4.15. The highest BCUT2D eigenvalue weighted by Crippen LogP contribution is 2.31. The van der Waals surface area contributed by atoms with Crippen molar-refractivity contribution in [3.05, 3.63) is 70.9 Å². The number of carboxylic acids is 1. The monoisotopic (exact) mass is 386 g/mol. The third-order valence-corrected chi connectivity index (χ3v) is 5.36. The summed E-state index contributed by atoms with van der Waals surface area (Å²) in [5, 5.41) is 15.4. The van der Waals surface area contributed by atoms with E-state index < -0.39 is 5.97 Å². The first-order valence-electron chi connectivity index (χ1n) is 8.20. The highest BCUT2D eigenvalue weighted by atomic mass is 35.5. The molecule has 0 radical (unpaired) electrons. The van der Waals surface area contributed by atoms with Crippen LogP contribution < -0.4 is 0 Å². The Morgan fingerprint density at radius 1 is 1.23 bits per heavy atom. The molecule has 1 N–H and O–H groups in total. The van der Waals surface area contributed by atoms with Crippen LogP contribution in [0.3, 0.4) is 0 Å². The van der Waals surface area contributed by atoms with E-state index in [1.54, 1.807) is 28.6 Å². The summed E-state index contributed by atoms with van der Waals surface area (Å²) < 4.78 is 1.69. The number of rotatable bonds is 6. The lowest BCUT2D eigenvalue weighted by Gasteiger charge is -2.09. The summed E-state index contributed by atoms with van der Waals surface area (Å²) in [6, 6.07) is 16.7. The Morgan fingerprint density at radius 3 is 2.58 bits per heavy atom. The number of aromatic carboxylic acids is 1. The van der Waals surface area contributed by atoms with Crippen molar-refractivity contribution in [3.63, 3.8) is 0 Å². The minimum absolute atomic E-state index is 0.247. The number of halogens is 1. The average Bonchev–Trinajstić information content (AvgIpc) is 3.01. The van der Waals surface area contributed by atoms with E-state index in [4.69, 9.17) is 11.6 Å². The van der Waals surface area contributed by atoms with E-state index in [-0.39, 0.29) is 10.8 Å². The van der Waals surface area contributed by atoms with Gasteiger partial charge in [-0.15, -0.1) is 0 Å². The van der Waals surface area contributed by atoms with Gasteiger partial charge in [0.1, 0.15) is 5.56 Å². The summed E-state index contributed by atoms with van der Waals surface area (Å²) in [7, 11) is 0. The van der Waals surface area contributed by atoms with Crippen LogP contribution in [0.4, 0.5) is 0 Å². The van der Waals surface area contributed by atoms with Crippen LogP contribution in [-0.2, 0) is 6.42 Å². The molecule has 1 heterocycles. The highest BCUT2D eigenvalue weighted by molar-refractivity contribution is 7.99. The quantitative estimate of drug-likeness (QED) is 0.633. The predicted molar refractivity (Wildman–Crippen MR) is 108 cm³/mol. The lowest BCUT2D eigenvalue weighted by atomic mass is 10.0. The van der Waals surface area contributed by atoms with Gasteiger partial charge < -0.3 is 5.11 Å². The maximum Gasteiger partial charge on any atom is 0.339 e. The minimum Gasteiger partial charge on any atom is -0.478 e. The fraction of sp³-hybridized carbons (Fsp3) is 0.200. The highest BCUT2D eigenvalue weighted by Gasteiger charge is 2.26. The van der Waals surface area contributed by atoms with Crippen LogP contribution in [0.15, 0.2) is 54.6 Å². The van der Waals surface area contributed by atoms with Crippen LogP contribution in [0.25, 0.3) is 16.9 Å². The van der Waals surface area contributed by atoms with Crippen LogP contribution in [0, 0.1) is 0 Å². The summed E-state index contributed by atoms with van der Waals surface area (Å²) in [6.45, 7) is 2.07. The largest absolute Gasteiger partial charge is 0.478 e. The van der Waals surface area contributed by atoms with Gasteiger partial charge in [-0.3, -0.25) is 0 Å². The van der Waals surface area contributed by atoms with E-state index in [0.717, 1.165) is 11.3 Å². The minimum atomic E-state index is -0.972. The Balaban J connectivity index is 2.28. The zero-order valence-corrected chi connectivity index (χ0v) is 16.1. The third kappa shape index (κ3) is 3.79. The molecule has 0 aliphatic rings. The summed E-state index contributed by atoms with van der Waals surface area (Å²) in [4.78, 5) is 12.1. The fourth-order valence-corrected chi connectivity index (χ4v) is 3.35. The molecule has 0 spiro atoms. The Kier molecular flexibility index (Phi) is 5.69. The molecular weight excluding hydrogens is 368 g/mol. The van der Waals surface area contributed by atoms with E-state index in [1.165, 1.54) is 0 Å². The second kappa shape index (κ2) is 7.98. The van der Waals surface area contributed by atoms with Crippen LogP contribution in [-0.4, -0.2) is 32.4 Å². The summed E-state index contributed by atoms with van der Waals surface area (Å²) in [5.41, 5.74) is 2.95. The van der Waals surface area contributed by atoms with Crippen molar-refractivity contribution >= 4 is 29.3 Å². The van der Waals surface area contributed by atoms with Gasteiger partial charge in [-0.2, -0.15) is 16.9 Å². The summed E-state index contributed by atoms with van der Waals surface area (Å²) in [5.74, 6) is -0.972. The summed E-state index contributed by atoms with van der Waals surface area (Å²) >= 11 is 7.83. The maximum absolute atomic E-state index is 12.1. The van der Waals surface area contributed by atoms with E-state index in [0.29, 0.717) is 22.8 Å². The van der Waals surface area contributed by atoms with E-state index >= 15 is 0 Å². The molecule has 0 saturated heterocycles. The van der Waals surface area contributed by atoms with E-state index in [2.05, 4.69) is 12.0 Å². The van der Waals surface area contributed by atoms with Gasteiger partial charge in [0.05, 0.1) is 17.1 Å². The smallest absolute Gasteiger partial charge is 0.339 e. The van der Waals surface area contributed by atoms with Gasteiger partial charge in [-0.1, -0.05) is 54.9 Å². The second-order valence-corrected chi connectivity index (χ2v) is 7.70. The number of hydrogen-bond donors (Lipinski definition) is 1. The topological polar surface area (TPSA) is 55.1 Å². The maximum atomic E-state index is 12.1. The van der Waals surface area contributed by atoms with E-state index in [9.17, 15) is 9.90 Å². The molecule has 6 heteroatoms. The predicted octanol–water partition coefficient (Wildman–Crippen LogP) is 5.18. The number of thioether (sulfide) groups is 1. The SMILES string of the molecule is CSC(C)Cc1nn(-c2cccc(Cl)c2)c(-c2ccccc2)c1C(=O)O. The zero-order valence-electron chi connectivity index (χ0n) is 14.5. The molecule has 26 heavy (non-hydrogen) atoms. The molecule has 3 rings (SSSR count). The van der Waals surface area contributed by atoms with Gasteiger partial charge >= 0.3 is 5.97 Å². The number of nitrogens with zero attached hydrogens (tertiary/aromatic N) is 2. The van der Waals surface area contributed by atoms with Gasteiger partial charge in [0.2, 0.25) is 0 Å². The van der Waals surface area contributed by atoms with Crippen LogP contribution >= 0.6 is 23.4 Å². The lowest BCUT2D eigenvalue weighted by Crippen LogP contribution is -2.07. The van der Waals surface area contributed by atoms with Crippen molar-refractivity contribution in [2.75, 3.05) is 6.26 Å². The molecule has 1 aromatic heterocycles. The average molecular weight is 387 g/mol.